The van der Waals surface area contributed by atoms with Crippen molar-refractivity contribution in [2.75, 3.05) is 13.7 Å². The van der Waals surface area contributed by atoms with Crippen LogP contribution < -0.4 is 15.4 Å². The lowest BCUT2D eigenvalue weighted by atomic mass is 10.1. The highest BCUT2D eigenvalue weighted by Gasteiger charge is 2.07. The first-order chi connectivity index (χ1) is 9.58. The average Bonchev–Trinajstić information content (AvgIpc) is 2.44. The van der Waals surface area contributed by atoms with Crippen LogP contribution in [0.25, 0.3) is 10.8 Å². The summed E-state index contributed by atoms with van der Waals surface area (Å²) in [6, 6.07) is 10.9. The molecule has 0 aromatic heterocycles. The molecule has 0 saturated heterocycles. The molecule has 104 valence electrons. The van der Waals surface area contributed by atoms with Gasteiger partial charge in [0.15, 0.2) is 6.61 Å². The molecule has 0 heterocycles. The van der Waals surface area contributed by atoms with E-state index >= 15 is 0 Å². The molecule has 2 aromatic rings. The van der Waals surface area contributed by atoms with Gasteiger partial charge in [0.05, 0.1) is 0 Å². The molecule has 0 radical (unpaired) electrons. The number of imide groups is 1. The molecule has 0 unspecified atom stereocenters. The second-order valence-corrected chi connectivity index (χ2v) is 4.98. The number of urea groups is 1. The molecule has 20 heavy (non-hydrogen) atoms. The van der Waals surface area contributed by atoms with Crippen molar-refractivity contribution < 1.29 is 14.3 Å². The van der Waals surface area contributed by atoms with Gasteiger partial charge in [0.1, 0.15) is 5.75 Å². The Morgan fingerprint density at radius 1 is 1.15 bits per heavy atom. The van der Waals surface area contributed by atoms with Crippen LogP contribution in [0.3, 0.4) is 0 Å². The van der Waals surface area contributed by atoms with Crippen LogP contribution in [-0.2, 0) is 4.79 Å². The average molecular weight is 337 g/mol. The van der Waals surface area contributed by atoms with Gasteiger partial charge in [-0.25, -0.2) is 4.79 Å². The van der Waals surface area contributed by atoms with Crippen LogP contribution in [0.5, 0.6) is 5.75 Å². The Kier molecular flexibility index (Phi) is 4.57. The van der Waals surface area contributed by atoms with Crippen molar-refractivity contribution in [1.29, 1.82) is 0 Å². The van der Waals surface area contributed by atoms with E-state index in [9.17, 15) is 9.59 Å². The Balaban J connectivity index is 2.01. The van der Waals surface area contributed by atoms with Gasteiger partial charge in [-0.3, -0.25) is 10.1 Å². The number of carbonyl (C=O) groups excluding carboxylic acids is 2. The Hall–Kier alpha value is -2.08. The van der Waals surface area contributed by atoms with Crippen LogP contribution in [0.1, 0.15) is 0 Å². The molecule has 0 saturated carbocycles. The van der Waals surface area contributed by atoms with Crippen LogP contribution in [0.15, 0.2) is 40.9 Å². The fourth-order valence-electron chi connectivity index (χ4n) is 1.66. The predicted octanol–water partition coefficient (Wildman–Crippen LogP) is 2.44. The fraction of sp³-hybridized carbons (Fsp3) is 0.143. The molecule has 0 aliphatic rings. The maximum Gasteiger partial charge on any atom is 0.321 e. The summed E-state index contributed by atoms with van der Waals surface area (Å²) in [6.45, 7) is -0.213. The standard InChI is InChI=1S/C14H13BrN2O3/c1-16-14(19)17-13(18)8-20-12-5-3-9-6-11(15)4-2-10(9)7-12/h2-7H,8H2,1H3,(H2,16,17,18,19). The number of ether oxygens (including phenoxy) is 1. The lowest BCUT2D eigenvalue weighted by molar-refractivity contribution is -0.121. The SMILES string of the molecule is CNC(=O)NC(=O)COc1ccc2cc(Br)ccc2c1. The maximum absolute atomic E-state index is 11.4. The van der Waals surface area contributed by atoms with Crippen molar-refractivity contribution in [3.05, 3.63) is 40.9 Å². The van der Waals surface area contributed by atoms with E-state index in [1.807, 2.05) is 30.3 Å². The molecule has 2 rings (SSSR count). The van der Waals surface area contributed by atoms with E-state index in [2.05, 4.69) is 26.6 Å². The Bertz CT molecular complexity index is 658. The smallest absolute Gasteiger partial charge is 0.321 e. The van der Waals surface area contributed by atoms with Crippen molar-refractivity contribution in [1.82, 2.24) is 10.6 Å². The van der Waals surface area contributed by atoms with Crippen molar-refractivity contribution in [2.24, 2.45) is 0 Å². The molecule has 0 spiro atoms. The fourth-order valence-corrected chi connectivity index (χ4v) is 2.04. The number of hydrogen-bond donors (Lipinski definition) is 2. The minimum absolute atomic E-state index is 0.213. The quantitative estimate of drug-likeness (QED) is 0.904. The van der Waals surface area contributed by atoms with Gasteiger partial charge >= 0.3 is 6.03 Å². The molecule has 0 aliphatic heterocycles. The number of amides is 3. The molecule has 3 amide bonds. The minimum Gasteiger partial charge on any atom is -0.484 e. The lowest BCUT2D eigenvalue weighted by Crippen LogP contribution is -2.39. The molecule has 0 bridgehead atoms. The van der Waals surface area contributed by atoms with E-state index in [4.69, 9.17) is 4.74 Å². The normalized spacial score (nSPS) is 10.1. The predicted molar refractivity (Wildman–Crippen MR) is 79.7 cm³/mol. The topological polar surface area (TPSA) is 67.4 Å². The van der Waals surface area contributed by atoms with Gasteiger partial charge < -0.3 is 10.1 Å². The summed E-state index contributed by atoms with van der Waals surface area (Å²) >= 11 is 3.41. The Labute approximate surface area is 124 Å². The summed E-state index contributed by atoms with van der Waals surface area (Å²) in [5.74, 6) is 0.0760. The van der Waals surface area contributed by atoms with Crippen molar-refractivity contribution in [3.63, 3.8) is 0 Å². The van der Waals surface area contributed by atoms with E-state index < -0.39 is 11.9 Å². The molecule has 2 aromatic carbocycles. The number of fused-ring (bicyclic) bond motifs is 1. The lowest BCUT2D eigenvalue weighted by Gasteiger charge is -2.07. The van der Waals surface area contributed by atoms with Gasteiger partial charge in [0.2, 0.25) is 0 Å². The number of halogens is 1. The van der Waals surface area contributed by atoms with Crippen LogP contribution in [0.2, 0.25) is 0 Å². The molecule has 0 aliphatic carbocycles. The van der Waals surface area contributed by atoms with E-state index in [1.165, 1.54) is 7.05 Å². The third-order valence-corrected chi connectivity index (χ3v) is 3.12. The van der Waals surface area contributed by atoms with E-state index in [-0.39, 0.29) is 6.61 Å². The molecular weight excluding hydrogens is 324 g/mol. The zero-order chi connectivity index (χ0) is 14.5. The monoisotopic (exact) mass is 336 g/mol. The number of benzene rings is 2. The zero-order valence-electron chi connectivity index (χ0n) is 10.8. The Morgan fingerprint density at radius 2 is 1.85 bits per heavy atom. The molecule has 5 nitrogen and oxygen atoms in total. The largest absolute Gasteiger partial charge is 0.484 e. The van der Waals surface area contributed by atoms with Gasteiger partial charge in [0, 0.05) is 11.5 Å². The van der Waals surface area contributed by atoms with Crippen molar-refractivity contribution in [3.8, 4) is 5.75 Å². The van der Waals surface area contributed by atoms with Crippen LogP contribution in [0.4, 0.5) is 4.79 Å². The highest BCUT2D eigenvalue weighted by Crippen LogP contribution is 2.23. The zero-order valence-corrected chi connectivity index (χ0v) is 12.4. The number of nitrogens with one attached hydrogen (secondary N) is 2. The highest BCUT2D eigenvalue weighted by molar-refractivity contribution is 9.10. The third kappa shape index (κ3) is 3.71. The summed E-state index contributed by atoms with van der Waals surface area (Å²) in [7, 11) is 1.44. The first-order valence-electron chi connectivity index (χ1n) is 5.92. The van der Waals surface area contributed by atoms with Crippen LogP contribution >= 0.6 is 15.9 Å². The number of hydrogen-bond acceptors (Lipinski definition) is 3. The second kappa shape index (κ2) is 6.38. The van der Waals surface area contributed by atoms with Gasteiger partial charge in [-0.15, -0.1) is 0 Å². The minimum atomic E-state index is -0.554. The first kappa shape index (κ1) is 14.3. The highest BCUT2D eigenvalue weighted by atomic mass is 79.9. The van der Waals surface area contributed by atoms with E-state index in [1.54, 1.807) is 6.07 Å². The summed E-state index contributed by atoms with van der Waals surface area (Å²) in [6.07, 6.45) is 0. The van der Waals surface area contributed by atoms with Gasteiger partial charge in [0.25, 0.3) is 5.91 Å². The molecule has 0 fully saturated rings. The van der Waals surface area contributed by atoms with Gasteiger partial charge in [-0.05, 0) is 35.0 Å². The van der Waals surface area contributed by atoms with Gasteiger partial charge in [-0.2, -0.15) is 0 Å². The third-order valence-electron chi connectivity index (χ3n) is 2.62. The molecule has 6 heteroatoms. The second-order valence-electron chi connectivity index (χ2n) is 4.07. The number of rotatable bonds is 3. The van der Waals surface area contributed by atoms with Crippen LogP contribution in [-0.4, -0.2) is 25.6 Å². The van der Waals surface area contributed by atoms with Gasteiger partial charge in [-0.1, -0.05) is 28.1 Å². The Morgan fingerprint density at radius 3 is 2.60 bits per heavy atom. The van der Waals surface area contributed by atoms with Crippen molar-refractivity contribution in [2.45, 2.75) is 0 Å². The van der Waals surface area contributed by atoms with E-state index in [0.29, 0.717) is 5.75 Å². The summed E-state index contributed by atoms with van der Waals surface area (Å²) < 4.78 is 6.35. The number of carbonyl (C=O) groups is 2. The van der Waals surface area contributed by atoms with Crippen molar-refractivity contribution >= 4 is 38.6 Å². The summed E-state index contributed by atoms with van der Waals surface area (Å²) in [5, 5.41) is 6.50. The van der Waals surface area contributed by atoms with Crippen LogP contribution in [0, 0.1) is 0 Å². The molecular formula is C14H13BrN2O3. The summed E-state index contributed by atoms with van der Waals surface area (Å²) in [4.78, 5) is 22.3. The molecule has 0 atom stereocenters. The molecule has 2 N–H and O–H groups in total. The maximum atomic E-state index is 11.4. The summed E-state index contributed by atoms with van der Waals surface area (Å²) in [5.41, 5.74) is 0. The first-order valence-corrected chi connectivity index (χ1v) is 6.71. The van der Waals surface area contributed by atoms with E-state index in [0.717, 1.165) is 15.2 Å².